The molecule has 10 heteroatoms. The molecule has 0 saturated carbocycles. The number of hydrazone groups is 1. The standard InChI is InChI=1S/C22H18ClN5O4/c1-13-17(11-24)22(30)28(16-7-5-15(23)6-8-16)27-20(13)21(29)26-25-12-14-4-9-18(31-2)19(10-14)32-3/h4-10,12H,1-3H3,(H,26,29)/b25-12+. The Morgan fingerprint density at radius 3 is 2.50 bits per heavy atom. The first-order valence-corrected chi connectivity index (χ1v) is 9.62. The van der Waals surface area contributed by atoms with Crippen LogP contribution in [0, 0.1) is 18.3 Å². The average Bonchev–Trinajstić information content (AvgIpc) is 2.80. The average molecular weight is 452 g/mol. The Bertz CT molecular complexity index is 1290. The zero-order valence-electron chi connectivity index (χ0n) is 17.4. The van der Waals surface area contributed by atoms with Crippen LogP contribution < -0.4 is 20.5 Å². The van der Waals surface area contributed by atoms with Gasteiger partial charge in [0.05, 0.1) is 26.1 Å². The Morgan fingerprint density at radius 1 is 1.19 bits per heavy atom. The summed E-state index contributed by atoms with van der Waals surface area (Å²) in [5.74, 6) is 0.384. The third-order valence-corrected chi connectivity index (χ3v) is 4.77. The van der Waals surface area contributed by atoms with Crippen LogP contribution in [0.2, 0.25) is 5.02 Å². The van der Waals surface area contributed by atoms with E-state index in [-0.39, 0.29) is 16.8 Å². The van der Waals surface area contributed by atoms with E-state index in [9.17, 15) is 14.9 Å². The minimum Gasteiger partial charge on any atom is -0.493 e. The predicted octanol–water partition coefficient (Wildman–Crippen LogP) is 2.85. The molecule has 0 aliphatic carbocycles. The lowest BCUT2D eigenvalue weighted by atomic mass is 10.1. The molecule has 0 aliphatic heterocycles. The normalized spacial score (nSPS) is 10.6. The van der Waals surface area contributed by atoms with Crippen molar-refractivity contribution in [3.8, 4) is 23.3 Å². The lowest BCUT2D eigenvalue weighted by molar-refractivity contribution is 0.0947. The van der Waals surface area contributed by atoms with Gasteiger partial charge in [-0.3, -0.25) is 9.59 Å². The number of methoxy groups -OCH3 is 2. The minimum absolute atomic E-state index is 0.111. The van der Waals surface area contributed by atoms with Gasteiger partial charge in [-0.15, -0.1) is 0 Å². The van der Waals surface area contributed by atoms with Crippen molar-refractivity contribution in [1.82, 2.24) is 15.2 Å². The molecule has 1 N–H and O–H groups in total. The van der Waals surface area contributed by atoms with Gasteiger partial charge in [-0.2, -0.15) is 20.1 Å². The Hall–Kier alpha value is -4.16. The van der Waals surface area contributed by atoms with E-state index >= 15 is 0 Å². The first-order chi connectivity index (χ1) is 15.4. The van der Waals surface area contributed by atoms with Crippen molar-refractivity contribution in [1.29, 1.82) is 5.26 Å². The van der Waals surface area contributed by atoms with Crippen molar-refractivity contribution in [2.45, 2.75) is 6.92 Å². The molecule has 2 aromatic carbocycles. The van der Waals surface area contributed by atoms with Crippen LogP contribution in [-0.4, -0.2) is 36.1 Å². The van der Waals surface area contributed by atoms with Gasteiger partial charge in [0, 0.05) is 10.6 Å². The number of carbonyl (C=O) groups excluding carboxylic acids is 1. The number of halogens is 1. The molecule has 1 amide bonds. The number of ether oxygens (including phenoxy) is 2. The highest BCUT2D eigenvalue weighted by Crippen LogP contribution is 2.26. The maximum Gasteiger partial charge on any atom is 0.292 e. The SMILES string of the molecule is COc1ccc(/C=N/NC(=O)c2nn(-c3ccc(Cl)cc3)c(=O)c(C#N)c2C)cc1OC. The second-order valence-corrected chi connectivity index (χ2v) is 6.90. The summed E-state index contributed by atoms with van der Waals surface area (Å²) in [6.45, 7) is 1.48. The second-order valence-electron chi connectivity index (χ2n) is 6.47. The van der Waals surface area contributed by atoms with Crippen LogP contribution in [-0.2, 0) is 0 Å². The number of rotatable bonds is 6. The third-order valence-electron chi connectivity index (χ3n) is 4.52. The van der Waals surface area contributed by atoms with Gasteiger partial charge >= 0.3 is 0 Å². The van der Waals surface area contributed by atoms with Crippen LogP contribution in [0.4, 0.5) is 0 Å². The molecule has 162 valence electrons. The smallest absolute Gasteiger partial charge is 0.292 e. The number of benzene rings is 2. The molecule has 0 unspecified atom stereocenters. The van der Waals surface area contributed by atoms with E-state index in [2.05, 4.69) is 15.6 Å². The molecule has 0 radical (unpaired) electrons. The van der Waals surface area contributed by atoms with E-state index in [4.69, 9.17) is 21.1 Å². The molecule has 1 aromatic heterocycles. The van der Waals surface area contributed by atoms with Gasteiger partial charge < -0.3 is 9.47 Å². The van der Waals surface area contributed by atoms with Crippen molar-refractivity contribution in [3.05, 3.63) is 80.2 Å². The van der Waals surface area contributed by atoms with E-state index in [1.54, 1.807) is 42.5 Å². The molecule has 0 bridgehead atoms. The van der Waals surface area contributed by atoms with Gasteiger partial charge in [-0.05, 0) is 55.0 Å². The van der Waals surface area contributed by atoms with Crippen LogP contribution in [0.25, 0.3) is 5.69 Å². The fraction of sp³-hybridized carbons (Fsp3) is 0.136. The predicted molar refractivity (Wildman–Crippen MR) is 119 cm³/mol. The number of nitrogens with one attached hydrogen (secondary N) is 1. The van der Waals surface area contributed by atoms with Gasteiger partial charge in [-0.25, -0.2) is 5.43 Å². The quantitative estimate of drug-likeness (QED) is 0.454. The zero-order valence-corrected chi connectivity index (χ0v) is 18.2. The van der Waals surface area contributed by atoms with Gasteiger partial charge in [0.1, 0.15) is 11.6 Å². The monoisotopic (exact) mass is 451 g/mol. The number of hydrogen-bond acceptors (Lipinski definition) is 7. The number of nitriles is 1. The fourth-order valence-corrected chi connectivity index (χ4v) is 2.99. The summed E-state index contributed by atoms with van der Waals surface area (Å²) < 4.78 is 11.4. The maximum atomic E-state index is 12.7. The molecule has 0 atom stereocenters. The van der Waals surface area contributed by atoms with Crippen molar-refractivity contribution in [2.24, 2.45) is 5.10 Å². The molecule has 0 spiro atoms. The van der Waals surface area contributed by atoms with E-state index in [0.29, 0.717) is 27.8 Å². The minimum atomic E-state index is -0.682. The number of hydrogen-bond donors (Lipinski definition) is 1. The van der Waals surface area contributed by atoms with Gasteiger partial charge in [-0.1, -0.05) is 11.6 Å². The second kappa shape index (κ2) is 9.76. The van der Waals surface area contributed by atoms with E-state index in [1.807, 2.05) is 6.07 Å². The highest BCUT2D eigenvalue weighted by molar-refractivity contribution is 6.30. The van der Waals surface area contributed by atoms with Gasteiger partial charge in [0.15, 0.2) is 17.2 Å². The summed E-state index contributed by atoms with van der Waals surface area (Å²) in [5.41, 5.74) is 2.58. The summed E-state index contributed by atoms with van der Waals surface area (Å²) in [4.78, 5) is 25.4. The molecule has 1 heterocycles. The molecular weight excluding hydrogens is 434 g/mol. The summed E-state index contributed by atoms with van der Waals surface area (Å²) >= 11 is 5.89. The topological polar surface area (TPSA) is 119 Å². The fourth-order valence-electron chi connectivity index (χ4n) is 2.86. The summed E-state index contributed by atoms with van der Waals surface area (Å²) in [7, 11) is 3.04. The van der Waals surface area contributed by atoms with Crippen LogP contribution >= 0.6 is 11.6 Å². The molecule has 3 aromatic rings. The molecule has 0 aliphatic rings. The largest absolute Gasteiger partial charge is 0.493 e. The molecular formula is C22H18ClN5O4. The molecule has 32 heavy (non-hydrogen) atoms. The van der Waals surface area contributed by atoms with Crippen LogP contribution in [0.15, 0.2) is 52.4 Å². The van der Waals surface area contributed by atoms with Crippen molar-refractivity contribution in [3.63, 3.8) is 0 Å². The van der Waals surface area contributed by atoms with E-state index in [1.165, 1.54) is 27.4 Å². The number of carbonyl (C=O) groups is 1. The van der Waals surface area contributed by atoms with Crippen molar-refractivity contribution < 1.29 is 14.3 Å². The van der Waals surface area contributed by atoms with Crippen molar-refractivity contribution >= 4 is 23.7 Å². The van der Waals surface area contributed by atoms with Gasteiger partial charge in [0.25, 0.3) is 11.5 Å². The Morgan fingerprint density at radius 2 is 1.88 bits per heavy atom. The first-order valence-electron chi connectivity index (χ1n) is 9.25. The third kappa shape index (κ3) is 4.61. The Balaban J connectivity index is 1.92. The first kappa shape index (κ1) is 22.5. The number of aromatic nitrogens is 2. The van der Waals surface area contributed by atoms with Gasteiger partial charge in [0.2, 0.25) is 0 Å². The lowest BCUT2D eigenvalue weighted by Crippen LogP contribution is -2.31. The van der Waals surface area contributed by atoms with Crippen molar-refractivity contribution in [2.75, 3.05) is 14.2 Å². The molecule has 9 nitrogen and oxygen atoms in total. The summed E-state index contributed by atoms with van der Waals surface area (Å²) in [5, 5.41) is 18.0. The van der Waals surface area contributed by atoms with E-state index in [0.717, 1.165) is 4.68 Å². The van der Waals surface area contributed by atoms with Crippen LogP contribution in [0.5, 0.6) is 11.5 Å². The molecule has 3 rings (SSSR count). The molecule has 0 fully saturated rings. The molecule has 0 saturated heterocycles. The van der Waals surface area contributed by atoms with Crippen LogP contribution in [0.1, 0.15) is 27.2 Å². The highest BCUT2D eigenvalue weighted by Gasteiger charge is 2.20. The highest BCUT2D eigenvalue weighted by atomic mass is 35.5. The Kier molecular flexibility index (Phi) is 6.87. The lowest BCUT2D eigenvalue weighted by Gasteiger charge is -2.10. The Labute approximate surface area is 188 Å². The number of nitrogens with zero attached hydrogens (tertiary/aromatic N) is 4. The summed E-state index contributed by atoms with van der Waals surface area (Å²) in [6.07, 6.45) is 1.41. The maximum absolute atomic E-state index is 12.7. The summed E-state index contributed by atoms with van der Waals surface area (Å²) in [6, 6.07) is 13.2. The zero-order chi connectivity index (χ0) is 23.3. The van der Waals surface area contributed by atoms with Crippen LogP contribution in [0.3, 0.4) is 0 Å². The number of amides is 1. The van der Waals surface area contributed by atoms with E-state index < -0.39 is 11.5 Å².